The van der Waals surface area contributed by atoms with Crippen molar-refractivity contribution in [3.63, 3.8) is 0 Å². The predicted octanol–water partition coefficient (Wildman–Crippen LogP) is 4.20. The van der Waals surface area contributed by atoms with Crippen LogP contribution in [0.3, 0.4) is 0 Å². The molecule has 0 atom stereocenters. The molecule has 2 rings (SSSR count). The van der Waals surface area contributed by atoms with Crippen molar-refractivity contribution in [1.82, 2.24) is 5.32 Å². The lowest BCUT2D eigenvalue weighted by molar-refractivity contribution is 0.304. The molecule has 0 radical (unpaired) electrons. The third kappa shape index (κ3) is 3.81. The Morgan fingerprint density at radius 1 is 1.15 bits per heavy atom. The van der Waals surface area contributed by atoms with E-state index in [9.17, 15) is 4.39 Å². The molecule has 0 saturated carbocycles. The first-order valence-corrected chi connectivity index (χ1v) is 7.20. The van der Waals surface area contributed by atoms with Crippen molar-refractivity contribution in [2.75, 3.05) is 7.05 Å². The zero-order valence-corrected chi connectivity index (χ0v) is 13.1. The van der Waals surface area contributed by atoms with Gasteiger partial charge >= 0.3 is 0 Å². The molecule has 0 bridgehead atoms. The van der Waals surface area contributed by atoms with Crippen molar-refractivity contribution < 1.29 is 9.13 Å². The molecule has 106 valence electrons. The third-order valence-electron chi connectivity index (χ3n) is 3.09. The van der Waals surface area contributed by atoms with Crippen LogP contribution in [-0.2, 0) is 13.2 Å². The number of rotatable bonds is 5. The number of aryl methyl sites for hydroxylation is 1. The van der Waals surface area contributed by atoms with E-state index in [0.29, 0.717) is 6.61 Å². The Kier molecular flexibility index (Phi) is 5.15. The van der Waals surface area contributed by atoms with Crippen LogP contribution in [-0.4, -0.2) is 7.05 Å². The van der Waals surface area contributed by atoms with Gasteiger partial charge in [0.15, 0.2) is 0 Å². The molecule has 0 unspecified atom stereocenters. The molecule has 2 aromatic carbocycles. The van der Waals surface area contributed by atoms with Gasteiger partial charge in [-0.25, -0.2) is 4.39 Å². The van der Waals surface area contributed by atoms with Crippen LogP contribution < -0.4 is 10.1 Å². The molecule has 0 amide bonds. The minimum atomic E-state index is -0.235. The predicted molar refractivity (Wildman–Crippen MR) is 82.4 cm³/mol. The Hall–Kier alpha value is -1.39. The fourth-order valence-electron chi connectivity index (χ4n) is 1.92. The average molecular weight is 338 g/mol. The molecule has 0 aliphatic heterocycles. The van der Waals surface area contributed by atoms with Crippen LogP contribution in [0.1, 0.15) is 16.7 Å². The van der Waals surface area contributed by atoms with Crippen LogP contribution in [0.25, 0.3) is 0 Å². The molecule has 4 heteroatoms. The number of halogens is 2. The summed E-state index contributed by atoms with van der Waals surface area (Å²) in [4.78, 5) is 0. The second kappa shape index (κ2) is 6.86. The van der Waals surface area contributed by atoms with Gasteiger partial charge in [-0.2, -0.15) is 0 Å². The first-order chi connectivity index (χ1) is 9.60. The van der Waals surface area contributed by atoms with Gasteiger partial charge in [-0.1, -0.05) is 22.0 Å². The van der Waals surface area contributed by atoms with Crippen molar-refractivity contribution in [2.24, 2.45) is 0 Å². The summed E-state index contributed by atoms with van der Waals surface area (Å²) in [5.41, 5.74) is 3.02. The monoisotopic (exact) mass is 337 g/mol. The van der Waals surface area contributed by atoms with Gasteiger partial charge in [0.25, 0.3) is 0 Å². The van der Waals surface area contributed by atoms with E-state index in [-0.39, 0.29) is 5.82 Å². The van der Waals surface area contributed by atoms with E-state index in [1.807, 2.05) is 32.2 Å². The van der Waals surface area contributed by atoms with E-state index in [0.717, 1.165) is 33.5 Å². The summed E-state index contributed by atoms with van der Waals surface area (Å²) in [6, 6.07) is 10.6. The molecular weight excluding hydrogens is 321 g/mol. The van der Waals surface area contributed by atoms with Gasteiger partial charge in [0, 0.05) is 11.0 Å². The molecule has 0 aromatic heterocycles. The maximum atomic E-state index is 13.2. The summed E-state index contributed by atoms with van der Waals surface area (Å²) < 4.78 is 20.0. The fourth-order valence-corrected chi connectivity index (χ4v) is 2.31. The van der Waals surface area contributed by atoms with E-state index in [4.69, 9.17) is 4.74 Å². The minimum absolute atomic E-state index is 0.235. The highest BCUT2D eigenvalue weighted by atomic mass is 79.9. The molecular formula is C16H17BrFNO. The summed E-state index contributed by atoms with van der Waals surface area (Å²) in [6.07, 6.45) is 0. The Morgan fingerprint density at radius 2 is 1.95 bits per heavy atom. The molecule has 20 heavy (non-hydrogen) atoms. The second-order valence-corrected chi connectivity index (χ2v) is 5.50. The largest absolute Gasteiger partial charge is 0.489 e. The standard InChI is InChI=1S/C16H17BrFNO/c1-11-3-4-14(18)7-13(11)10-20-15-5-6-16(17)12(8-15)9-19-2/h3-8,19H,9-10H2,1-2H3. The second-order valence-electron chi connectivity index (χ2n) is 4.64. The van der Waals surface area contributed by atoms with Gasteiger partial charge in [0.1, 0.15) is 18.2 Å². The maximum Gasteiger partial charge on any atom is 0.123 e. The minimum Gasteiger partial charge on any atom is -0.489 e. The molecule has 2 nitrogen and oxygen atoms in total. The summed E-state index contributed by atoms with van der Waals surface area (Å²) >= 11 is 3.50. The Morgan fingerprint density at radius 3 is 2.70 bits per heavy atom. The van der Waals surface area contributed by atoms with E-state index in [1.54, 1.807) is 6.07 Å². The van der Waals surface area contributed by atoms with Crippen LogP contribution in [0.2, 0.25) is 0 Å². The smallest absolute Gasteiger partial charge is 0.123 e. The van der Waals surface area contributed by atoms with Crippen molar-refractivity contribution in [3.05, 3.63) is 63.4 Å². The average Bonchev–Trinajstić information content (AvgIpc) is 2.43. The van der Waals surface area contributed by atoms with Crippen molar-refractivity contribution >= 4 is 15.9 Å². The zero-order chi connectivity index (χ0) is 14.5. The van der Waals surface area contributed by atoms with Gasteiger partial charge in [-0.3, -0.25) is 0 Å². The highest BCUT2D eigenvalue weighted by Gasteiger charge is 2.04. The molecule has 0 aliphatic carbocycles. The van der Waals surface area contributed by atoms with Crippen LogP contribution in [0, 0.1) is 12.7 Å². The first kappa shape index (κ1) is 15.0. The third-order valence-corrected chi connectivity index (χ3v) is 3.86. The number of hydrogen-bond donors (Lipinski definition) is 1. The fraction of sp³-hybridized carbons (Fsp3) is 0.250. The van der Waals surface area contributed by atoms with Gasteiger partial charge in [0.05, 0.1) is 0 Å². The van der Waals surface area contributed by atoms with Crippen LogP contribution in [0.5, 0.6) is 5.75 Å². The highest BCUT2D eigenvalue weighted by Crippen LogP contribution is 2.23. The molecule has 2 aromatic rings. The maximum absolute atomic E-state index is 13.2. The number of nitrogens with one attached hydrogen (secondary N) is 1. The lowest BCUT2D eigenvalue weighted by Gasteiger charge is -2.11. The van der Waals surface area contributed by atoms with E-state index in [2.05, 4.69) is 21.2 Å². The highest BCUT2D eigenvalue weighted by molar-refractivity contribution is 9.10. The normalized spacial score (nSPS) is 10.6. The Bertz CT molecular complexity index is 601. The number of ether oxygens (including phenoxy) is 1. The van der Waals surface area contributed by atoms with Crippen molar-refractivity contribution in [2.45, 2.75) is 20.1 Å². The van der Waals surface area contributed by atoms with Crippen molar-refractivity contribution in [1.29, 1.82) is 0 Å². The van der Waals surface area contributed by atoms with Crippen molar-refractivity contribution in [3.8, 4) is 5.75 Å². The van der Waals surface area contributed by atoms with Gasteiger partial charge in [-0.05, 0) is 61.0 Å². The lowest BCUT2D eigenvalue weighted by Crippen LogP contribution is -2.06. The molecule has 0 spiro atoms. The topological polar surface area (TPSA) is 21.3 Å². The molecule has 0 saturated heterocycles. The Balaban J connectivity index is 2.10. The van der Waals surface area contributed by atoms with Gasteiger partial charge in [0.2, 0.25) is 0 Å². The van der Waals surface area contributed by atoms with E-state index in [1.165, 1.54) is 12.1 Å². The summed E-state index contributed by atoms with van der Waals surface area (Å²) in [5.74, 6) is 0.544. The van der Waals surface area contributed by atoms with Crippen LogP contribution >= 0.6 is 15.9 Å². The Labute approximate surface area is 127 Å². The van der Waals surface area contributed by atoms with E-state index < -0.39 is 0 Å². The van der Waals surface area contributed by atoms with Crippen LogP contribution in [0.15, 0.2) is 40.9 Å². The first-order valence-electron chi connectivity index (χ1n) is 6.41. The lowest BCUT2D eigenvalue weighted by atomic mass is 10.1. The SMILES string of the molecule is CNCc1cc(OCc2cc(F)ccc2C)ccc1Br. The zero-order valence-electron chi connectivity index (χ0n) is 11.5. The molecule has 1 N–H and O–H groups in total. The van der Waals surface area contributed by atoms with Gasteiger partial charge < -0.3 is 10.1 Å². The van der Waals surface area contributed by atoms with E-state index >= 15 is 0 Å². The number of hydrogen-bond acceptors (Lipinski definition) is 2. The summed E-state index contributed by atoms with van der Waals surface area (Å²) in [6.45, 7) is 3.08. The molecule has 0 heterocycles. The quantitative estimate of drug-likeness (QED) is 0.882. The molecule has 0 fully saturated rings. The molecule has 0 aliphatic rings. The summed E-state index contributed by atoms with van der Waals surface area (Å²) in [7, 11) is 1.90. The van der Waals surface area contributed by atoms with Crippen LogP contribution in [0.4, 0.5) is 4.39 Å². The number of benzene rings is 2. The van der Waals surface area contributed by atoms with Gasteiger partial charge in [-0.15, -0.1) is 0 Å². The summed E-state index contributed by atoms with van der Waals surface area (Å²) in [5, 5.41) is 3.11.